The Bertz CT molecular complexity index is 1110. The molecule has 0 bridgehead atoms. The summed E-state index contributed by atoms with van der Waals surface area (Å²) in [6, 6.07) is 21.9. The Morgan fingerprint density at radius 1 is 0.909 bits per heavy atom. The molecule has 3 aromatic carbocycles. The Morgan fingerprint density at radius 2 is 1.70 bits per heavy atom. The lowest BCUT2D eigenvalue weighted by molar-refractivity contribution is 0.0951. The number of ether oxygens (including phenoxy) is 1. The van der Waals surface area contributed by atoms with E-state index >= 15 is 0 Å². The van der Waals surface area contributed by atoms with Gasteiger partial charge in [-0.1, -0.05) is 30.3 Å². The molecule has 3 amide bonds. The summed E-state index contributed by atoms with van der Waals surface area (Å²) in [5.74, 6) is 0.532. The van der Waals surface area contributed by atoms with E-state index in [-0.39, 0.29) is 11.9 Å². The number of anilines is 3. The summed E-state index contributed by atoms with van der Waals surface area (Å²) in [5.41, 5.74) is 3.65. The number of amides is 3. The summed E-state index contributed by atoms with van der Waals surface area (Å²) in [4.78, 5) is 27.7. The topological polar surface area (TPSA) is 82.7 Å². The Morgan fingerprint density at radius 3 is 2.45 bits per heavy atom. The van der Waals surface area contributed by atoms with Gasteiger partial charge in [0.15, 0.2) is 0 Å². The predicted octanol–water partition coefficient (Wildman–Crippen LogP) is 4.87. The molecule has 7 nitrogen and oxygen atoms in total. The molecule has 170 valence electrons. The minimum atomic E-state index is -0.351. The molecule has 0 spiro atoms. The second-order valence-electron chi connectivity index (χ2n) is 7.91. The van der Waals surface area contributed by atoms with Crippen LogP contribution in [0.5, 0.6) is 5.75 Å². The minimum Gasteiger partial charge on any atom is -0.497 e. The summed E-state index contributed by atoms with van der Waals surface area (Å²) in [5, 5.41) is 8.70. The third-order valence-electron chi connectivity index (χ3n) is 5.57. The number of urea groups is 1. The second-order valence-corrected chi connectivity index (χ2v) is 7.91. The highest BCUT2D eigenvalue weighted by Gasteiger charge is 2.19. The first-order chi connectivity index (χ1) is 16.1. The van der Waals surface area contributed by atoms with Crippen LogP contribution in [-0.4, -0.2) is 32.1 Å². The van der Waals surface area contributed by atoms with Crippen molar-refractivity contribution in [1.82, 2.24) is 5.32 Å². The fourth-order valence-corrected chi connectivity index (χ4v) is 3.88. The van der Waals surface area contributed by atoms with Crippen LogP contribution in [-0.2, 0) is 6.54 Å². The van der Waals surface area contributed by atoms with Gasteiger partial charge in [-0.2, -0.15) is 0 Å². The van der Waals surface area contributed by atoms with Crippen molar-refractivity contribution < 1.29 is 14.3 Å². The molecule has 4 rings (SSSR count). The molecule has 1 aliphatic heterocycles. The zero-order valence-electron chi connectivity index (χ0n) is 18.6. The molecule has 0 atom stereocenters. The van der Waals surface area contributed by atoms with Crippen LogP contribution < -0.4 is 25.6 Å². The van der Waals surface area contributed by atoms with Gasteiger partial charge in [0.2, 0.25) is 0 Å². The Balaban J connectivity index is 1.49. The van der Waals surface area contributed by atoms with E-state index in [4.69, 9.17) is 4.74 Å². The van der Waals surface area contributed by atoms with Crippen molar-refractivity contribution in [3.05, 3.63) is 83.9 Å². The molecule has 0 unspecified atom stereocenters. The van der Waals surface area contributed by atoms with E-state index in [0.29, 0.717) is 23.5 Å². The smallest absolute Gasteiger partial charge is 0.323 e. The lowest BCUT2D eigenvalue weighted by Gasteiger charge is -2.22. The summed E-state index contributed by atoms with van der Waals surface area (Å²) in [7, 11) is 1.61. The molecule has 1 heterocycles. The zero-order chi connectivity index (χ0) is 23.0. The number of methoxy groups -OCH3 is 1. The van der Waals surface area contributed by atoms with Gasteiger partial charge in [-0.15, -0.1) is 0 Å². The van der Waals surface area contributed by atoms with Crippen LogP contribution in [0.15, 0.2) is 72.8 Å². The Hall–Kier alpha value is -4.00. The maximum atomic E-state index is 12.8. The van der Waals surface area contributed by atoms with E-state index in [0.717, 1.165) is 42.9 Å². The monoisotopic (exact) mass is 444 g/mol. The molecule has 0 radical (unpaired) electrons. The average molecular weight is 445 g/mol. The molecular formula is C26H28N4O3. The summed E-state index contributed by atoms with van der Waals surface area (Å²) in [6.45, 7) is 2.23. The fourth-order valence-electron chi connectivity index (χ4n) is 3.88. The van der Waals surface area contributed by atoms with Crippen LogP contribution in [0.2, 0.25) is 0 Å². The van der Waals surface area contributed by atoms with Gasteiger partial charge in [-0.3, -0.25) is 4.79 Å². The Labute approximate surface area is 193 Å². The highest BCUT2D eigenvalue weighted by Crippen LogP contribution is 2.30. The number of carbonyl (C=O) groups is 2. The van der Waals surface area contributed by atoms with Gasteiger partial charge in [0.25, 0.3) is 5.91 Å². The van der Waals surface area contributed by atoms with Gasteiger partial charge in [0, 0.05) is 30.9 Å². The minimum absolute atomic E-state index is 0.211. The van der Waals surface area contributed by atoms with E-state index < -0.39 is 0 Å². The Kier molecular flexibility index (Phi) is 7.09. The lowest BCUT2D eigenvalue weighted by Crippen LogP contribution is -2.26. The summed E-state index contributed by atoms with van der Waals surface area (Å²) >= 11 is 0. The van der Waals surface area contributed by atoms with Crippen LogP contribution in [0.25, 0.3) is 0 Å². The molecule has 1 aliphatic rings. The number of nitrogens with one attached hydrogen (secondary N) is 3. The van der Waals surface area contributed by atoms with Gasteiger partial charge < -0.3 is 25.6 Å². The van der Waals surface area contributed by atoms with E-state index in [1.54, 1.807) is 19.2 Å². The molecule has 33 heavy (non-hydrogen) atoms. The molecule has 3 aromatic rings. The van der Waals surface area contributed by atoms with Crippen molar-refractivity contribution in [3.63, 3.8) is 0 Å². The van der Waals surface area contributed by atoms with Crippen LogP contribution in [0.3, 0.4) is 0 Å². The van der Waals surface area contributed by atoms with Crippen LogP contribution in [0.1, 0.15) is 28.8 Å². The first-order valence-corrected chi connectivity index (χ1v) is 11.1. The van der Waals surface area contributed by atoms with Crippen molar-refractivity contribution in [2.45, 2.75) is 19.4 Å². The number of hydrogen-bond donors (Lipinski definition) is 3. The molecule has 0 aliphatic carbocycles. The van der Waals surface area contributed by atoms with Gasteiger partial charge in [-0.05, 0) is 60.9 Å². The van der Waals surface area contributed by atoms with Gasteiger partial charge in [-0.25, -0.2) is 4.79 Å². The normalized spacial score (nSPS) is 12.8. The van der Waals surface area contributed by atoms with Crippen LogP contribution in [0, 0.1) is 0 Å². The maximum absolute atomic E-state index is 12.8. The maximum Gasteiger partial charge on any atom is 0.323 e. The van der Waals surface area contributed by atoms with Gasteiger partial charge in [0.05, 0.1) is 18.5 Å². The summed E-state index contributed by atoms with van der Waals surface area (Å²) in [6.07, 6.45) is 2.22. The van der Waals surface area contributed by atoms with Crippen molar-refractivity contribution in [2.24, 2.45) is 0 Å². The first kappa shape index (κ1) is 22.2. The van der Waals surface area contributed by atoms with E-state index in [9.17, 15) is 9.59 Å². The summed E-state index contributed by atoms with van der Waals surface area (Å²) < 4.78 is 5.24. The van der Waals surface area contributed by atoms with E-state index in [1.807, 2.05) is 60.7 Å². The van der Waals surface area contributed by atoms with Crippen LogP contribution in [0.4, 0.5) is 21.9 Å². The van der Waals surface area contributed by atoms with E-state index in [2.05, 4.69) is 20.9 Å². The molecule has 1 fully saturated rings. The molecule has 0 aromatic heterocycles. The molecule has 1 saturated heterocycles. The first-order valence-electron chi connectivity index (χ1n) is 11.1. The third kappa shape index (κ3) is 5.83. The second kappa shape index (κ2) is 10.5. The molecule has 7 heteroatoms. The average Bonchev–Trinajstić information content (AvgIpc) is 3.38. The highest BCUT2D eigenvalue weighted by molar-refractivity contribution is 6.04. The third-order valence-corrected chi connectivity index (χ3v) is 5.57. The molecule has 0 saturated carbocycles. The number of hydrogen-bond acceptors (Lipinski definition) is 4. The van der Waals surface area contributed by atoms with E-state index in [1.165, 1.54) is 0 Å². The number of para-hydroxylation sites is 1. The fraction of sp³-hybridized carbons (Fsp3) is 0.231. The van der Waals surface area contributed by atoms with Crippen LogP contribution >= 0.6 is 0 Å². The molecular weight excluding hydrogens is 416 g/mol. The van der Waals surface area contributed by atoms with Crippen molar-refractivity contribution >= 4 is 29.0 Å². The number of carbonyl (C=O) groups excluding carboxylic acids is 2. The lowest BCUT2D eigenvalue weighted by atomic mass is 10.1. The number of rotatable bonds is 7. The molecule has 3 N–H and O–H groups in total. The number of benzene rings is 3. The SMILES string of the molecule is COc1cccc(CNC(=O)c2ccc(N3CCCC3)c(NC(=O)Nc3ccccc3)c2)c1. The highest BCUT2D eigenvalue weighted by atomic mass is 16.5. The van der Waals surface area contributed by atoms with Gasteiger partial charge >= 0.3 is 6.03 Å². The van der Waals surface area contributed by atoms with Crippen molar-refractivity contribution in [2.75, 3.05) is 35.7 Å². The predicted molar refractivity (Wildman–Crippen MR) is 131 cm³/mol. The quantitative estimate of drug-likeness (QED) is 0.486. The van der Waals surface area contributed by atoms with Crippen molar-refractivity contribution in [1.29, 1.82) is 0 Å². The van der Waals surface area contributed by atoms with Gasteiger partial charge in [0.1, 0.15) is 5.75 Å². The van der Waals surface area contributed by atoms with Crippen molar-refractivity contribution in [3.8, 4) is 5.75 Å². The standard InChI is InChI=1S/C26H28N4O3/c1-33-22-11-7-8-19(16-22)18-27-25(31)20-12-13-24(30-14-5-6-15-30)23(17-20)29-26(32)28-21-9-3-2-4-10-21/h2-4,7-13,16-17H,5-6,14-15,18H2,1H3,(H,27,31)(H2,28,29,32). The largest absolute Gasteiger partial charge is 0.497 e. The zero-order valence-corrected chi connectivity index (χ0v) is 18.6. The number of nitrogens with zero attached hydrogens (tertiary/aromatic N) is 1.